The number of aromatic nitrogens is 1. The Morgan fingerprint density at radius 2 is 1.76 bits per heavy atom. The third-order valence-corrected chi connectivity index (χ3v) is 8.13. The van der Waals surface area contributed by atoms with E-state index in [0.29, 0.717) is 17.4 Å². The molecule has 2 amide bonds. The molecule has 1 aromatic heterocycles. The molecule has 1 saturated heterocycles. The molecule has 0 spiro atoms. The van der Waals surface area contributed by atoms with Gasteiger partial charge in [-0.1, -0.05) is 12.1 Å². The molecule has 2 saturated carbocycles. The van der Waals surface area contributed by atoms with Gasteiger partial charge in [-0.15, -0.1) is 0 Å². The number of carbonyl (C=O) groups is 1. The van der Waals surface area contributed by atoms with E-state index in [4.69, 9.17) is 14.3 Å². The van der Waals surface area contributed by atoms with Crippen LogP contribution in [0.1, 0.15) is 57.4 Å². The summed E-state index contributed by atoms with van der Waals surface area (Å²) < 4.78 is 14.1. The van der Waals surface area contributed by atoms with E-state index in [1.165, 1.54) is 13.5 Å². The summed E-state index contributed by atoms with van der Waals surface area (Å²) in [4.78, 5) is 17.6. The second kappa shape index (κ2) is 10.9. The van der Waals surface area contributed by atoms with Crippen molar-refractivity contribution in [2.45, 2.75) is 69.6 Å². The standard InChI is InChI=1S/C29H36N4O5/c1-36-33(35)28-25-13-12-24(38-23-14-16-37-17-15-23)18-26(25)32(22-6-3-7-22)27(28)19-8-10-21(11-9-19)31-29(34)30-20-4-2-5-20/h8-13,18,20,22-23,33H,2-7,14-17H2,1H3,(H2,30,31,34). The first-order valence-electron chi connectivity index (χ1n) is 13.8. The minimum absolute atomic E-state index is 0.134. The Kier molecular flexibility index (Phi) is 7.25. The van der Waals surface area contributed by atoms with E-state index in [1.807, 2.05) is 36.4 Å². The Balaban J connectivity index is 1.36. The third-order valence-electron chi connectivity index (χ3n) is 8.13. The van der Waals surface area contributed by atoms with Gasteiger partial charge in [-0.2, -0.15) is 5.23 Å². The predicted molar refractivity (Wildman–Crippen MR) is 146 cm³/mol. The van der Waals surface area contributed by atoms with Crippen molar-refractivity contribution in [3.05, 3.63) is 47.7 Å². The van der Waals surface area contributed by atoms with Gasteiger partial charge in [0.2, 0.25) is 0 Å². The van der Waals surface area contributed by atoms with Gasteiger partial charge >= 0.3 is 6.03 Å². The third kappa shape index (κ3) is 4.99. The fraction of sp³-hybridized carbons (Fsp3) is 0.483. The molecule has 1 atom stereocenters. The largest absolute Gasteiger partial charge is 0.595 e. The Labute approximate surface area is 222 Å². The normalized spacial score (nSPS) is 19.5. The summed E-state index contributed by atoms with van der Waals surface area (Å²) in [5.41, 5.74) is 4.02. The Hall–Kier alpha value is -3.11. The fourth-order valence-electron chi connectivity index (χ4n) is 5.58. The van der Waals surface area contributed by atoms with Crippen molar-refractivity contribution < 1.29 is 24.3 Å². The highest BCUT2D eigenvalue weighted by Gasteiger charge is 2.31. The number of benzene rings is 2. The molecule has 1 aliphatic heterocycles. The molecule has 3 aromatic rings. The van der Waals surface area contributed by atoms with Gasteiger partial charge < -0.3 is 29.9 Å². The van der Waals surface area contributed by atoms with E-state index in [-0.39, 0.29) is 23.4 Å². The molecule has 3 N–H and O–H groups in total. The zero-order chi connectivity index (χ0) is 26.1. The van der Waals surface area contributed by atoms with Crippen molar-refractivity contribution >= 4 is 28.3 Å². The molecular formula is C29H36N4O5. The van der Waals surface area contributed by atoms with Crippen LogP contribution in [-0.2, 0) is 9.57 Å². The van der Waals surface area contributed by atoms with Crippen molar-refractivity contribution in [1.29, 1.82) is 0 Å². The number of hydrogen-bond donors (Lipinski definition) is 3. The monoisotopic (exact) mass is 520 g/mol. The number of amides is 2. The molecular weight excluding hydrogens is 484 g/mol. The van der Waals surface area contributed by atoms with E-state index < -0.39 is 0 Å². The van der Waals surface area contributed by atoms with Gasteiger partial charge in [0.25, 0.3) is 0 Å². The highest BCUT2D eigenvalue weighted by molar-refractivity contribution is 5.99. The first-order valence-corrected chi connectivity index (χ1v) is 13.8. The number of ether oxygens (including phenoxy) is 2. The highest BCUT2D eigenvalue weighted by Crippen LogP contribution is 2.45. The quantitative estimate of drug-likeness (QED) is 0.369. The summed E-state index contributed by atoms with van der Waals surface area (Å²) in [6.45, 7) is 1.43. The first kappa shape index (κ1) is 25.2. The summed E-state index contributed by atoms with van der Waals surface area (Å²) in [6.07, 6.45) is 8.40. The smallest absolute Gasteiger partial charge is 0.319 e. The van der Waals surface area contributed by atoms with Crippen LogP contribution >= 0.6 is 0 Å². The average molecular weight is 521 g/mol. The topological polar surface area (TPSA) is 101 Å². The lowest BCUT2D eigenvalue weighted by atomic mass is 9.92. The molecule has 9 heteroatoms. The van der Waals surface area contributed by atoms with E-state index in [0.717, 1.165) is 86.1 Å². The SMILES string of the molecule is CO[NH+]([O-])c1c(-c2ccc(NC(=O)NC3CCC3)cc2)n(C2CCC2)c2cc(OC3CCOCC3)ccc12. The number of quaternary nitrogens is 1. The Morgan fingerprint density at radius 1 is 1.03 bits per heavy atom. The van der Waals surface area contributed by atoms with Gasteiger partial charge in [0.15, 0.2) is 5.69 Å². The molecule has 9 nitrogen and oxygen atoms in total. The van der Waals surface area contributed by atoms with Crippen molar-refractivity contribution in [3.8, 4) is 17.0 Å². The van der Waals surface area contributed by atoms with Gasteiger partial charge in [-0.3, -0.25) is 0 Å². The van der Waals surface area contributed by atoms with Gasteiger partial charge in [-0.25, -0.2) is 9.63 Å². The predicted octanol–water partition coefficient (Wildman–Crippen LogP) is 4.84. The fourth-order valence-corrected chi connectivity index (χ4v) is 5.58. The number of rotatable bonds is 8. The van der Waals surface area contributed by atoms with Crippen LogP contribution in [0.25, 0.3) is 22.2 Å². The molecule has 0 bridgehead atoms. The maximum atomic E-state index is 13.2. The van der Waals surface area contributed by atoms with Crippen molar-refractivity contribution in [1.82, 2.24) is 9.88 Å². The molecule has 202 valence electrons. The summed E-state index contributed by atoms with van der Waals surface area (Å²) >= 11 is 0. The summed E-state index contributed by atoms with van der Waals surface area (Å²) in [7, 11) is 1.43. The molecule has 38 heavy (non-hydrogen) atoms. The first-order chi connectivity index (χ1) is 18.6. The lowest BCUT2D eigenvalue weighted by Gasteiger charge is -2.30. The molecule has 2 aliphatic carbocycles. The second-order valence-electron chi connectivity index (χ2n) is 10.6. The number of carbonyl (C=O) groups excluding carboxylic acids is 1. The van der Waals surface area contributed by atoms with Crippen LogP contribution in [0.2, 0.25) is 0 Å². The molecule has 2 heterocycles. The number of nitrogens with one attached hydrogen (secondary N) is 3. The van der Waals surface area contributed by atoms with Crippen LogP contribution in [0.5, 0.6) is 5.75 Å². The minimum atomic E-state index is -0.358. The number of nitrogens with zero attached hydrogens (tertiary/aromatic N) is 1. The van der Waals surface area contributed by atoms with E-state index >= 15 is 0 Å². The molecule has 6 rings (SSSR count). The van der Waals surface area contributed by atoms with Crippen LogP contribution in [-0.4, -0.2) is 43.1 Å². The summed E-state index contributed by atoms with van der Waals surface area (Å²) in [5.74, 6) is 0.808. The number of urea groups is 1. The molecule has 2 aromatic carbocycles. The van der Waals surface area contributed by atoms with Crippen molar-refractivity contribution in [2.75, 3.05) is 25.6 Å². The number of anilines is 1. The summed E-state index contributed by atoms with van der Waals surface area (Å²) in [5, 5.41) is 19.6. The van der Waals surface area contributed by atoms with Crippen LogP contribution < -0.4 is 20.6 Å². The van der Waals surface area contributed by atoms with Crippen LogP contribution in [0.15, 0.2) is 42.5 Å². The Morgan fingerprint density at radius 3 is 2.39 bits per heavy atom. The molecule has 3 fully saturated rings. The molecule has 1 unspecified atom stereocenters. The van der Waals surface area contributed by atoms with E-state index in [2.05, 4.69) is 21.3 Å². The van der Waals surface area contributed by atoms with Crippen molar-refractivity contribution in [3.63, 3.8) is 0 Å². The molecule has 3 aliphatic rings. The summed E-state index contributed by atoms with van der Waals surface area (Å²) in [6, 6.07) is 14.1. The second-order valence-corrected chi connectivity index (χ2v) is 10.6. The average Bonchev–Trinajstić information content (AvgIpc) is 3.20. The van der Waals surface area contributed by atoms with Gasteiger partial charge in [0.05, 0.1) is 31.2 Å². The highest BCUT2D eigenvalue weighted by atomic mass is 16.9. The van der Waals surface area contributed by atoms with Crippen LogP contribution in [0.3, 0.4) is 0 Å². The maximum absolute atomic E-state index is 13.2. The minimum Gasteiger partial charge on any atom is -0.595 e. The van der Waals surface area contributed by atoms with Crippen molar-refractivity contribution in [2.24, 2.45) is 0 Å². The van der Waals surface area contributed by atoms with Gasteiger partial charge in [0, 0.05) is 42.2 Å². The van der Waals surface area contributed by atoms with E-state index in [9.17, 15) is 10.0 Å². The van der Waals surface area contributed by atoms with E-state index in [1.54, 1.807) is 0 Å². The van der Waals surface area contributed by atoms with Crippen LogP contribution in [0.4, 0.5) is 16.2 Å². The lowest BCUT2D eigenvalue weighted by Crippen LogP contribution is -3.00. The van der Waals surface area contributed by atoms with Crippen LogP contribution in [0, 0.1) is 5.21 Å². The maximum Gasteiger partial charge on any atom is 0.319 e. The zero-order valence-corrected chi connectivity index (χ0v) is 21.8. The van der Waals surface area contributed by atoms with Gasteiger partial charge in [0.1, 0.15) is 17.5 Å². The lowest BCUT2D eigenvalue weighted by molar-refractivity contribution is -0.991. The van der Waals surface area contributed by atoms with Gasteiger partial charge in [-0.05, 0) is 62.8 Å². The number of hydrogen-bond acceptors (Lipinski definition) is 5. The molecule has 0 radical (unpaired) electrons. The number of fused-ring (bicyclic) bond motifs is 1. The Bertz CT molecular complexity index is 1280. The zero-order valence-electron chi connectivity index (χ0n) is 21.8.